The second-order valence-corrected chi connectivity index (χ2v) is 6.74. The molecule has 0 aliphatic rings. The Labute approximate surface area is 143 Å². The molecule has 0 bridgehead atoms. The van der Waals surface area contributed by atoms with E-state index >= 15 is 0 Å². The van der Waals surface area contributed by atoms with Gasteiger partial charge in [-0.15, -0.1) is 0 Å². The first-order valence-corrected chi connectivity index (χ1v) is 7.77. The lowest BCUT2D eigenvalue weighted by atomic mass is 10.2. The summed E-state index contributed by atoms with van der Waals surface area (Å²) in [4.78, 5) is 8.07. The summed E-state index contributed by atoms with van der Waals surface area (Å²) < 4.78 is 46.2. The van der Waals surface area contributed by atoms with Crippen LogP contribution in [-0.4, -0.2) is 20.1 Å². The summed E-state index contributed by atoms with van der Waals surface area (Å²) in [7, 11) is 0. The second kappa shape index (κ2) is 5.75. The largest absolute Gasteiger partial charge is 0.488 e. The minimum Gasteiger partial charge on any atom is -0.488 e. The van der Waals surface area contributed by atoms with Gasteiger partial charge in [0.05, 0.1) is 0 Å². The van der Waals surface area contributed by atoms with E-state index in [1.807, 2.05) is 20.8 Å². The van der Waals surface area contributed by atoms with Crippen LogP contribution in [-0.2, 0) is 6.18 Å². The zero-order valence-electron chi connectivity index (χ0n) is 14.3. The van der Waals surface area contributed by atoms with E-state index in [-0.39, 0.29) is 11.2 Å². The van der Waals surface area contributed by atoms with Crippen LogP contribution in [0.25, 0.3) is 16.9 Å². The molecule has 0 amide bonds. The van der Waals surface area contributed by atoms with Crippen molar-refractivity contribution in [2.24, 2.45) is 0 Å². The number of aryl methyl sites for hydroxylation is 1. The van der Waals surface area contributed by atoms with Crippen molar-refractivity contribution >= 4 is 11.2 Å². The summed E-state index contributed by atoms with van der Waals surface area (Å²) in [5.74, 6) is 1.24. The quantitative estimate of drug-likeness (QED) is 0.659. The van der Waals surface area contributed by atoms with Gasteiger partial charge in [0, 0.05) is 5.69 Å². The van der Waals surface area contributed by atoms with Gasteiger partial charge in [-0.25, -0.2) is 9.97 Å². The van der Waals surface area contributed by atoms with Crippen molar-refractivity contribution < 1.29 is 17.9 Å². The first-order chi connectivity index (χ1) is 11.5. The fourth-order valence-electron chi connectivity index (χ4n) is 2.55. The molecule has 4 nitrogen and oxygen atoms in total. The highest BCUT2D eigenvalue weighted by Gasteiger charge is 2.33. The maximum atomic E-state index is 13.0. The molecule has 132 valence electrons. The van der Waals surface area contributed by atoms with Crippen LogP contribution in [0.5, 0.6) is 5.75 Å². The van der Waals surface area contributed by atoms with Gasteiger partial charge >= 0.3 is 6.18 Å². The number of alkyl halides is 3. The van der Waals surface area contributed by atoms with Gasteiger partial charge in [-0.1, -0.05) is 0 Å². The summed E-state index contributed by atoms with van der Waals surface area (Å²) in [6.45, 7) is 7.56. The van der Waals surface area contributed by atoms with Gasteiger partial charge in [-0.05, 0) is 64.1 Å². The smallest absolute Gasteiger partial charge is 0.433 e. The molecule has 0 aliphatic carbocycles. The lowest BCUT2D eigenvalue weighted by Crippen LogP contribution is -2.22. The Balaban J connectivity index is 2.07. The molecule has 0 saturated carbocycles. The molecule has 2 aromatic heterocycles. The van der Waals surface area contributed by atoms with Crippen molar-refractivity contribution in [3.05, 3.63) is 47.9 Å². The Morgan fingerprint density at radius 2 is 1.56 bits per heavy atom. The predicted molar refractivity (Wildman–Crippen MR) is 89.0 cm³/mol. The van der Waals surface area contributed by atoms with Crippen LogP contribution < -0.4 is 4.74 Å². The first kappa shape index (κ1) is 17.3. The highest BCUT2D eigenvalue weighted by Crippen LogP contribution is 2.30. The van der Waals surface area contributed by atoms with E-state index in [1.54, 1.807) is 35.8 Å². The molecule has 0 aliphatic heterocycles. The average molecular weight is 349 g/mol. The lowest BCUT2D eigenvalue weighted by Gasteiger charge is -2.21. The van der Waals surface area contributed by atoms with Crippen molar-refractivity contribution in [3.63, 3.8) is 0 Å². The zero-order valence-corrected chi connectivity index (χ0v) is 14.3. The molecule has 3 rings (SSSR count). The number of hydrogen-bond acceptors (Lipinski definition) is 3. The van der Waals surface area contributed by atoms with Gasteiger partial charge in [0.1, 0.15) is 28.4 Å². The number of halogens is 3. The zero-order chi connectivity index (χ0) is 18.4. The summed E-state index contributed by atoms with van der Waals surface area (Å²) in [5.41, 5.74) is 0.00159. The molecule has 0 radical (unpaired) electrons. The van der Waals surface area contributed by atoms with Crippen molar-refractivity contribution in [2.75, 3.05) is 0 Å². The molecule has 0 atom stereocenters. The lowest BCUT2D eigenvalue weighted by molar-refractivity contribution is -0.141. The SMILES string of the molecule is Cc1nc2ccc(C(F)(F)F)nc2n1-c1ccc(OC(C)(C)C)cc1. The highest BCUT2D eigenvalue weighted by atomic mass is 19.4. The Kier molecular flexibility index (Phi) is 3.97. The number of pyridine rings is 1. The molecule has 7 heteroatoms. The number of nitrogens with zero attached hydrogens (tertiary/aromatic N) is 3. The fourth-order valence-corrected chi connectivity index (χ4v) is 2.55. The van der Waals surface area contributed by atoms with E-state index in [4.69, 9.17) is 4.74 Å². The topological polar surface area (TPSA) is 39.9 Å². The number of imidazole rings is 1. The number of aromatic nitrogens is 3. The minimum atomic E-state index is -4.50. The van der Waals surface area contributed by atoms with Gasteiger partial charge in [-0.2, -0.15) is 13.2 Å². The van der Waals surface area contributed by atoms with E-state index < -0.39 is 11.9 Å². The van der Waals surface area contributed by atoms with Crippen LogP contribution in [0.2, 0.25) is 0 Å². The average Bonchev–Trinajstić information content (AvgIpc) is 2.80. The van der Waals surface area contributed by atoms with E-state index in [9.17, 15) is 13.2 Å². The van der Waals surface area contributed by atoms with Crippen molar-refractivity contribution in [1.29, 1.82) is 0 Å². The summed E-state index contributed by atoms with van der Waals surface area (Å²) in [6.07, 6.45) is -4.50. The molecule has 0 N–H and O–H groups in total. The molecular weight excluding hydrogens is 331 g/mol. The minimum absolute atomic E-state index is 0.178. The Bertz CT molecular complexity index is 906. The molecule has 0 spiro atoms. The fraction of sp³-hybridized carbons (Fsp3) is 0.333. The molecular formula is C18H18F3N3O. The van der Waals surface area contributed by atoms with Crippen LogP contribution in [0.4, 0.5) is 13.2 Å². The number of rotatable bonds is 2. The van der Waals surface area contributed by atoms with E-state index in [0.29, 0.717) is 22.8 Å². The summed E-state index contributed by atoms with van der Waals surface area (Å²) in [6, 6.07) is 9.39. The van der Waals surface area contributed by atoms with E-state index in [1.165, 1.54) is 6.07 Å². The number of hydrogen-bond donors (Lipinski definition) is 0. The predicted octanol–water partition coefficient (Wildman–Crippen LogP) is 4.93. The summed E-state index contributed by atoms with van der Waals surface area (Å²) >= 11 is 0. The third-order valence-electron chi connectivity index (χ3n) is 3.48. The molecule has 3 aromatic rings. The molecule has 25 heavy (non-hydrogen) atoms. The van der Waals surface area contributed by atoms with E-state index in [2.05, 4.69) is 9.97 Å². The second-order valence-electron chi connectivity index (χ2n) is 6.74. The van der Waals surface area contributed by atoms with Gasteiger partial charge in [0.25, 0.3) is 0 Å². The molecule has 2 heterocycles. The summed E-state index contributed by atoms with van der Waals surface area (Å²) in [5, 5.41) is 0. The third kappa shape index (κ3) is 3.60. The maximum Gasteiger partial charge on any atom is 0.433 e. The Morgan fingerprint density at radius 1 is 0.920 bits per heavy atom. The van der Waals surface area contributed by atoms with Gasteiger partial charge in [0.2, 0.25) is 0 Å². The van der Waals surface area contributed by atoms with Crippen LogP contribution in [0.15, 0.2) is 36.4 Å². The first-order valence-electron chi connectivity index (χ1n) is 7.77. The van der Waals surface area contributed by atoms with Gasteiger partial charge in [-0.3, -0.25) is 4.57 Å². The van der Waals surface area contributed by atoms with Crippen molar-refractivity contribution in [3.8, 4) is 11.4 Å². The molecule has 0 unspecified atom stereocenters. The van der Waals surface area contributed by atoms with Crippen LogP contribution in [0.1, 0.15) is 32.3 Å². The maximum absolute atomic E-state index is 13.0. The highest BCUT2D eigenvalue weighted by molar-refractivity contribution is 5.74. The van der Waals surface area contributed by atoms with Crippen molar-refractivity contribution in [1.82, 2.24) is 14.5 Å². The molecule has 0 fully saturated rings. The van der Waals surface area contributed by atoms with E-state index in [0.717, 1.165) is 6.07 Å². The molecule has 0 saturated heterocycles. The van der Waals surface area contributed by atoms with Gasteiger partial charge < -0.3 is 4.74 Å². The number of fused-ring (bicyclic) bond motifs is 1. The van der Waals surface area contributed by atoms with Gasteiger partial charge in [0.15, 0.2) is 5.65 Å². The van der Waals surface area contributed by atoms with Crippen LogP contribution >= 0.6 is 0 Å². The normalized spacial score (nSPS) is 12.6. The monoisotopic (exact) mass is 349 g/mol. The van der Waals surface area contributed by atoms with Crippen LogP contribution in [0.3, 0.4) is 0 Å². The standard InChI is InChI=1S/C18H18F3N3O/c1-11-22-14-9-10-15(18(19,20)21)23-16(14)24(11)12-5-7-13(8-6-12)25-17(2,3)4/h5-10H,1-4H3. The van der Waals surface area contributed by atoms with Crippen molar-refractivity contribution in [2.45, 2.75) is 39.5 Å². The Hall–Kier alpha value is -2.57. The number of ether oxygens (including phenoxy) is 1. The molecule has 1 aromatic carbocycles. The number of benzene rings is 1. The Morgan fingerprint density at radius 3 is 2.12 bits per heavy atom. The third-order valence-corrected chi connectivity index (χ3v) is 3.48. The van der Waals surface area contributed by atoms with Crippen LogP contribution in [0, 0.1) is 6.92 Å².